The van der Waals surface area contributed by atoms with Gasteiger partial charge < -0.3 is 19.0 Å². The summed E-state index contributed by atoms with van der Waals surface area (Å²) in [5.74, 6) is 5.03. The van der Waals surface area contributed by atoms with Crippen molar-refractivity contribution >= 4 is 72.6 Å². The van der Waals surface area contributed by atoms with Crippen LogP contribution in [0.15, 0.2) is 57.6 Å². The largest absolute Gasteiger partial charge is 0.492 e. The molecule has 1 N–H and O–H groups in total. The van der Waals surface area contributed by atoms with Gasteiger partial charge in [0.25, 0.3) is 0 Å². The summed E-state index contributed by atoms with van der Waals surface area (Å²) in [4.78, 5) is 2.46. The zero-order valence-electron chi connectivity index (χ0n) is 24.3. The Morgan fingerprint density at radius 1 is 1.07 bits per heavy atom. The number of furan rings is 1. The van der Waals surface area contributed by atoms with Gasteiger partial charge in [0.1, 0.15) is 23.1 Å². The highest BCUT2D eigenvalue weighted by Crippen LogP contribution is 2.46. The number of ether oxygens (including phenoxy) is 1. The Balaban J connectivity index is 0.998. The Labute approximate surface area is 273 Å². The molecule has 44 heavy (non-hydrogen) atoms. The number of nitrogens with one attached hydrogen (secondary N) is 1. The van der Waals surface area contributed by atoms with E-state index in [1.165, 1.54) is 32.0 Å². The van der Waals surface area contributed by atoms with E-state index < -0.39 is 5.82 Å². The molecule has 7 nitrogen and oxygen atoms in total. The molecular formula is C33H34BrClFN5O2S. The fraction of sp³-hybridized carbons (Fsp3) is 0.394. The topological polar surface area (TPSA) is 68.4 Å². The molecule has 5 aromatic rings. The van der Waals surface area contributed by atoms with Crippen molar-refractivity contribution in [2.24, 2.45) is 0 Å². The number of rotatable bonds is 13. The van der Waals surface area contributed by atoms with Crippen LogP contribution in [0.3, 0.4) is 0 Å². The van der Waals surface area contributed by atoms with Gasteiger partial charge >= 0.3 is 0 Å². The molecular weight excluding hydrogens is 665 g/mol. The number of benzene rings is 2. The van der Waals surface area contributed by atoms with Crippen LogP contribution >= 0.6 is 39.3 Å². The predicted molar refractivity (Wildman–Crippen MR) is 180 cm³/mol. The Morgan fingerprint density at radius 3 is 2.73 bits per heavy atom. The molecule has 11 heteroatoms. The summed E-state index contributed by atoms with van der Waals surface area (Å²) in [5.41, 5.74) is 2.76. The van der Waals surface area contributed by atoms with Gasteiger partial charge in [0.2, 0.25) is 0 Å². The molecule has 1 saturated heterocycles. The molecule has 0 atom stereocenters. The van der Waals surface area contributed by atoms with Crippen molar-refractivity contribution in [3.8, 4) is 5.75 Å². The molecule has 2 aromatic carbocycles. The van der Waals surface area contributed by atoms with Crippen LogP contribution in [0.2, 0.25) is 5.02 Å². The highest BCUT2D eigenvalue weighted by Gasteiger charge is 2.29. The van der Waals surface area contributed by atoms with E-state index >= 15 is 0 Å². The number of thioether (sulfide) groups is 1. The Hall–Kier alpha value is -2.79. The maximum atomic E-state index is 13.8. The molecule has 1 aliphatic carbocycles. The molecule has 7 rings (SSSR count). The summed E-state index contributed by atoms with van der Waals surface area (Å²) in [7, 11) is 0. The van der Waals surface area contributed by atoms with Crippen molar-refractivity contribution in [1.82, 2.24) is 19.7 Å². The van der Waals surface area contributed by atoms with E-state index in [1.54, 1.807) is 12.1 Å². The van der Waals surface area contributed by atoms with Crippen LogP contribution in [0.4, 0.5) is 15.9 Å². The van der Waals surface area contributed by atoms with E-state index in [4.69, 9.17) is 20.8 Å². The fourth-order valence-electron chi connectivity index (χ4n) is 5.94. The van der Waals surface area contributed by atoms with Gasteiger partial charge in [0.05, 0.1) is 51.0 Å². The number of likely N-dealkylation sites (tertiary alicyclic amines) is 1. The lowest BCUT2D eigenvalue weighted by Crippen LogP contribution is -2.17. The van der Waals surface area contributed by atoms with Gasteiger partial charge in [-0.25, -0.2) is 4.39 Å². The minimum Gasteiger partial charge on any atom is -0.492 e. The van der Waals surface area contributed by atoms with Crippen molar-refractivity contribution in [2.75, 3.05) is 30.8 Å². The van der Waals surface area contributed by atoms with Crippen LogP contribution < -0.4 is 10.1 Å². The number of halogens is 3. The summed E-state index contributed by atoms with van der Waals surface area (Å²) >= 11 is 11.7. The van der Waals surface area contributed by atoms with Crippen LogP contribution in [-0.2, 0) is 12.3 Å². The van der Waals surface area contributed by atoms with E-state index in [-0.39, 0.29) is 5.02 Å². The Bertz CT molecular complexity index is 1790. The van der Waals surface area contributed by atoms with E-state index in [1.807, 2.05) is 18.0 Å². The van der Waals surface area contributed by atoms with Crippen molar-refractivity contribution in [2.45, 2.75) is 56.9 Å². The van der Waals surface area contributed by atoms with Crippen LogP contribution in [0.25, 0.3) is 21.8 Å². The SMILES string of the molecule is Fc1ccc(Nc2nncc3c2c2cc(OCCCCSCc4ccc(CN5CCCC5)o4)c(Br)cc2n3C2CC2)cc1Cl. The molecule has 230 valence electrons. The third kappa shape index (κ3) is 6.59. The molecule has 2 aliphatic rings. The maximum Gasteiger partial charge on any atom is 0.163 e. The zero-order valence-corrected chi connectivity index (χ0v) is 27.5. The third-order valence-electron chi connectivity index (χ3n) is 8.24. The quantitative estimate of drug-likeness (QED) is 0.123. The average Bonchev–Trinajstić information content (AvgIpc) is 3.38. The predicted octanol–water partition coefficient (Wildman–Crippen LogP) is 9.50. The number of anilines is 2. The molecule has 2 fully saturated rings. The lowest BCUT2D eigenvalue weighted by Gasteiger charge is -2.11. The van der Waals surface area contributed by atoms with Gasteiger partial charge in [-0.05, 0) is 116 Å². The molecule has 3 aromatic heterocycles. The van der Waals surface area contributed by atoms with Crippen molar-refractivity contribution in [3.05, 3.63) is 75.5 Å². The molecule has 0 bridgehead atoms. The molecule has 1 aliphatic heterocycles. The van der Waals surface area contributed by atoms with Crippen LogP contribution in [0.5, 0.6) is 5.75 Å². The highest BCUT2D eigenvalue weighted by molar-refractivity contribution is 9.10. The number of hydrogen-bond acceptors (Lipinski definition) is 7. The van der Waals surface area contributed by atoms with Crippen LogP contribution in [-0.4, -0.2) is 45.1 Å². The normalized spacial score (nSPS) is 15.5. The third-order valence-corrected chi connectivity index (χ3v) is 10.2. The van der Waals surface area contributed by atoms with Gasteiger partial charge in [-0.1, -0.05) is 11.6 Å². The van der Waals surface area contributed by atoms with Gasteiger partial charge in [-0.15, -0.1) is 5.10 Å². The molecule has 0 spiro atoms. The van der Waals surface area contributed by atoms with Crippen molar-refractivity contribution < 1.29 is 13.5 Å². The van der Waals surface area contributed by atoms with E-state index in [0.29, 0.717) is 24.2 Å². The van der Waals surface area contributed by atoms with Gasteiger partial charge in [-0.3, -0.25) is 4.90 Å². The summed E-state index contributed by atoms with van der Waals surface area (Å²) in [5, 5.41) is 14.1. The van der Waals surface area contributed by atoms with Crippen molar-refractivity contribution in [1.29, 1.82) is 0 Å². The Morgan fingerprint density at radius 2 is 1.91 bits per heavy atom. The molecule has 4 heterocycles. The van der Waals surface area contributed by atoms with Gasteiger partial charge in [0, 0.05) is 17.1 Å². The van der Waals surface area contributed by atoms with Crippen molar-refractivity contribution in [3.63, 3.8) is 0 Å². The summed E-state index contributed by atoms with van der Waals surface area (Å²) in [6.45, 7) is 3.92. The minimum atomic E-state index is -0.462. The monoisotopic (exact) mass is 697 g/mol. The Kier molecular flexibility index (Phi) is 9.03. The number of nitrogens with zero attached hydrogens (tertiary/aromatic N) is 4. The second-order valence-electron chi connectivity index (χ2n) is 11.6. The summed E-state index contributed by atoms with van der Waals surface area (Å²) in [6.07, 6.45) is 8.70. The second-order valence-corrected chi connectivity index (χ2v) is 13.9. The lowest BCUT2D eigenvalue weighted by atomic mass is 10.2. The van der Waals surface area contributed by atoms with Gasteiger partial charge in [0.15, 0.2) is 5.82 Å². The fourth-order valence-corrected chi connectivity index (χ4v) is 7.47. The average molecular weight is 699 g/mol. The lowest BCUT2D eigenvalue weighted by molar-refractivity contribution is 0.294. The summed E-state index contributed by atoms with van der Waals surface area (Å²) < 4.78 is 29.4. The summed E-state index contributed by atoms with van der Waals surface area (Å²) in [6, 6.07) is 13.5. The zero-order chi connectivity index (χ0) is 30.0. The molecule has 0 amide bonds. The van der Waals surface area contributed by atoms with Crippen LogP contribution in [0.1, 0.15) is 56.1 Å². The first-order chi connectivity index (χ1) is 21.5. The smallest absolute Gasteiger partial charge is 0.163 e. The second kappa shape index (κ2) is 13.3. The number of fused-ring (bicyclic) bond motifs is 3. The van der Waals surface area contributed by atoms with E-state index in [9.17, 15) is 4.39 Å². The number of aromatic nitrogens is 3. The number of unbranched alkanes of at least 4 members (excludes halogenated alkanes) is 1. The van der Waals surface area contributed by atoms with E-state index in [2.05, 4.69) is 65.2 Å². The maximum absolute atomic E-state index is 13.8. The highest BCUT2D eigenvalue weighted by atomic mass is 79.9. The first-order valence-corrected chi connectivity index (χ1v) is 17.6. The molecule has 0 radical (unpaired) electrons. The number of hydrogen-bond donors (Lipinski definition) is 1. The first-order valence-electron chi connectivity index (χ1n) is 15.2. The standard InChI is InChI=1S/C33H34BrClFN5O2S/c34-26-17-29-25(16-31(26)42-13-3-4-14-44-20-24-9-8-23(43-24)19-40-11-1-2-12-40)32-30(41(29)22-6-7-22)18-37-39-33(32)38-21-5-10-28(36)27(35)15-21/h5,8-10,15-18,22H,1-4,6-7,11-14,19-20H2,(H,38,39). The van der Waals surface area contributed by atoms with E-state index in [0.717, 1.165) is 87.3 Å². The van der Waals surface area contributed by atoms with Crippen LogP contribution in [0, 0.1) is 5.82 Å². The molecule has 0 unspecified atom stereocenters. The first kappa shape index (κ1) is 29.9. The van der Waals surface area contributed by atoms with Gasteiger partial charge in [-0.2, -0.15) is 16.9 Å². The molecule has 1 saturated carbocycles. The minimum absolute atomic E-state index is 0.0524.